The highest BCUT2D eigenvalue weighted by Gasteiger charge is 2.38. The van der Waals surface area contributed by atoms with Crippen LogP contribution in [0.2, 0.25) is 10.0 Å². The fraction of sp³-hybridized carbons (Fsp3) is 0.429. The Labute approximate surface area is 297 Å². The lowest BCUT2D eigenvalue weighted by atomic mass is 9.94. The number of nitrogens with zero attached hydrogens (tertiary/aromatic N) is 4. The molecule has 1 saturated heterocycles. The Bertz CT molecular complexity index is 1630. The lowest BCUT2D eigenvalue weighted by molar-refractivity contribution is -0.143. The molecule has 3 aromatic rings. The van der Waals surface area contributed by atoms with E-state index in [4.69, 9.17) is 23.2 Å². The van der Waals surface area contributed by atoms with Crippen molar-refractivity contribution in [3.05, 3.63) is 98.5 Å². The molecule has 1 aliphatic heterocycles. The van der Waals surface area contributed by atoms with E-state index in [0.29, 0.717) is 56.3 Å². The lowest BCUT2D eigenvalue weighted by Gasteiger charge is -2.38. The van der Waals surface area contributed by atoms with Crippen molar-refractivity contribution in [1.82, 2.24) is 20.0 Å². The molecule has 1 unspecified atom stereocenters. The van der Waals surface area contributed by atoms with Crippen LogP contribution in [0.3, 0.4) is 0 Å². The van der Waals surface area contributed by atoms with Gasteiger partial charge >= 0.3 is 18.4 Å². The van der Waals surface area contributed by atoms with Crippen molar-refractivity contribution in [2.24, 2.45) is 0 Å². The van der Waals surface area contributed by atoms with Gasteiger partial charge in [-0.05, 0) is 67.4 Å². The number of anilines is 1. The van der Waals surface area contributed by atoms with Gasteiger partial charge in [0, 0.05) is 71.0 Å². The van der Waals surface area contributed by atoms with Crippen LogP contribution in [0.5, 0.6) is 0 Å². The number of amides is 3. The van der Waals surface area contributed by atoms with E-state index in [2.05, 4.69) is 15.1 Å². The first-order valence-electron chi connectivity index (χ1n) is 15.9. The van der Waals surface area contributed by atoms with Crippen LogP contribution in [-0.2, 0) is 12.4 Å². The monoisotopic (exact) mass is 745 g/mol. The molecule has 3 amide bonds. The molecule has 1 aliphatic rings. The first-order chi connectivity index (χ1) is 23.3. The molecule has 0 saturated carbocycles. The largest absolute Gasteiger partial charge is 0.416 e. The molecule has 1 N–H and O–H groups in total. The van der Waals surface area contributed by atoms with Gasteiger partial charge in [0.15, 0.2) is 0 Å². The lowest BCUT2D eigenvalue weighted by Crippen LogP contribution is -2.47. The van der Waals surface area contributed by atoms with Crippen LogP contribution < -0.4 is 10.2 Å². The molecule has 0 aromatic heterocycles. The average molecular weight is 747 g/mol. The summed E-state index contributed by atoms with van der Waals surface area (Å²) in [6.07, 6.45) is -9.65. The van der Waals surface area contributed by atoms with E-state index in [-0.39, 0.29) is 35.6 Å². The Kier molecular flexibility index (Phi) is 12.6. The third-order valence-corrected chi connectivity index (χ3v) is 9.49. The number of para-hydroxylation sites is 1. The number of rotatable bonds is 10. The number of halogens is 8. The van der Waals surface area contributed by atoms with E-state index < -0.39 is 35.0 Å². The van der Waals surface area contributed by atoms with Gasteiger partial charge < -0.3 is 20.0 Å². The van der Waals surface area contributed by atoms with Crippen molar-refractivity contribution in [2.45, 2.75) is 37.7 Å². The van der Waals surface area contributed by atoms with Gasteiger partial charge in [0.2, 0.25) is 0 Å². The van der Waals surface area contributed by atoms with Gasteiger partial charge in [0.1, 0.15) is 0 Å². The Hall–Kier alpha value is -3.68. The zero-order chi connectivity index (χ0) is 37.0. The molecule has 272 valence electrons. The molecule has 50 heavy (non-hydrogen) atoms. The number of urea groups is 1. The maximum Gasteiger partial charge on any atom is 0.416 e. The molecule has 15 heteroatoms. The van der Waals surface area contributed by atoms with E-state index in [9.17, 15) is 35.9 Å². The van der Waals surface area contributed by atoms with Crippen molar-refractivity contribution in [2.75, 3.05) is 65.3 Å². The highest BCUT2D eigenvalue weighted by Crippen LogP contribution is 2.37. The summed E-state index contributed by atoms with van der Waals surface area (Å²) < 4.78 is 80.9. The number of carbonyl (C=O) groups excluding carboxylic acids is 2. The zero-order valence-electron chi connectivity index (χ0n) is 28.0. The summed E-state index contributed by atoms with van der Waals surface area (Å²) in [5, 5.41) is 3.59. The highest BCUT2D eigenvalue weighted by atomic mass is 35.5. The molecule has 1 fully saturated rings. The standard InChI is InChI=1S/C35H39Cl2F6N5O2/c1-22(44-33(50)45(2)3)28-7-5-6-8-31(28)48-15-13-47(14-16-48)12-11-24(23-9-10-29(36)30(37)19-23)21-46(4)32(49)25-17-26(34(38,39)40)20-27(18-25)35(41,42)43/h5-10,17-20,22,24H,11-16,21H2,1-4H3,(H,44,50)/t22-,24?/m1/s1. The molecule has 0 aliphatic carbocycles. The number of hydrogen-bond acceptors (Lipinski definition) is 4. The van der Waals surface area contributed by atoms with Crippen LogP contribution in [0.1, 0.15) is 57.9 Å². The number of likely N-dealkylation sites (N-methyl/N-ethyl adjacent to an activating group) is 1. The minimum absolute atomic E-state index is 0.00170. The second-order valence-corrected chi connectivity index (χ2v) is 13.4. The summed E-state index contributed by atoms with van der Waals surface area (Å²) in [6, 6.07) is 13.4. The van der Waals surface area contributed by atoms with Gasteiger partial charge in [0.05, 0.1) is 27.2 Å². The van der Waals surface area contributed by atoms with Gasteiger partial charge in [-0.15, -0.1) is 0 Å². The van der Waals surface area contributed by atoms with Gasteiger partial charge in [0.25, 0.3) is 5.91 Å². The quantitative estimate of drug-likeness (QED) is 0.212. The van der Waals surface area contributed by atoms with Crippen molar-refractivity contribution in [3.8, 4) is 0 Å². The van der Waals surface area contributed by atoms with Gasteiger partial charge in [-0.2, -0.15) is 26.3 Å². The first-order valence-corrected chi connectivity index (χ1v) is 16.6. The molecule has 0 bridgehead atoms. The van der Waals surface area contributed by atoms with Gasteiger partial charge in [-0.25, -0.2) is 4.79 Å². The predicted octanol–water partition coefficient (Wildman–Crippen LogP) is 8.43. The Morgan fingerprint density at radius 3 is 2.00 bits per heavy atom. The van der Waals surface area contributed by atoms with E-state index in [1.165, 1.54) is 11.9 Å². The van der Waals surface area contributed by atoms with Crippen molar-refractivity contribution in [1.29, 1.82) is 0 Å². The molecular formula is C35H39Cl2F6N5O2. The molecule has 2 atom stereocenters. The fourth-order valence-electron chi connectivity index (χ4n) is 5.93. The second-order valence-electron chi connectivity index (χ2n) is 12.6. The van der Waals surface area contributed by atoms with Crippen LogP contribution in [-0.4, -0.2) is 87.0 Å². The number of piperazine rings is 1. The molecule has 1 heterocycles. The van der Waals surface area contributed by atoms with E-state index >= 15 is 0 Å². The van der Waals surface area contributed by atoms with Gasteiger partial charge in [-0.1, -0.05) is 47.5 Å². The smallest absolute Gasteiger partial charge is 0.369 e. The van der Waals surface area contributed by atoms with Crippen molar-refractivity contribution >= 4 is 40.8 Å². The summed E-state index contributed by atoms with van der Waals surface area (Å²) in [4.78, 5) is 32.7. The molecule has 3 aromatic carbocycles. The first kappa shape index (κ1) is 39.1. The van der Waals surface area contributed by atoms with E-state index in [1.807, 2.05) is 31.2 Å². The van der Waals surface area contributed by atoms with Crippen molar-refractivity contribution in [3.63, 3.8) is 0 Å². The highest BCUT2D eigenvalue weighted by molar-refractivity contribution is 6.42. The maximum absolute atomic E-state index is 13.5. The summed E-state index contributed by atoms with van der Waals surface area (Å²) >= 11 is 12.4. The zero-order valence-corrected chi connectivity index (χ0v) is 29.5. The number of benzene rings is 3. The summed E-state index contributed by atoms with van der Waals surface area (Å²) in [5.41, 5.74) is -1.09. The summed E-state index contributed by atoms with van der Waals surface area (Å²) in [6.45, 7) is 5.36. The minimum atomic E-state index is -5.08. The Morgan fingerprint density at radius 2 is 1.44 bits per heavy atom. The molecule has 4 rings (SSSR count). The number of carbonyl (C=O) groups is 2. The molecular weight excluding hydrogens is 707 g/mol. The van der Waals surface area contributed by atoms with E-state index in [1.54, 1.807) is 32.3 Å². The predicted molar refractivity (Wildman–Crippen MR) is 183 cm³/mol. The van der Waals surface area contributed by atoms with E-state index in [0.717, 1.165) is 21.7 Å². The summed E-state index contributed by atoms with van der Waals surface area (Å²) in [5.74, 6) is -1.35. The maximum atomic E-state index is 13.5. The van der Waals surface area contributed by atoms with Crippen LogP contribution >= 0.6 is 23.2 Å². The Balaban J connectivity index is 1.48. The molecule has 7 nitrogen and oxygen atoms in total. The SMILES string of the molecule is C[C@@H](NC(=O)N(C)C)c1ccccc1N1CCN(CCC(CN(C)C(=O)c2cc(C(F)(F)F)cc(C(F)(F)F)c2)c2ccc(Cl)c(Cl)c2)CC1. The van der Waals surface area contributed by atoms with Crippen molar-refractivity contribution < 1.29 is 35.9 Å². The average Bonchev–Trinajstić information content (AvgIpc) is 3.06. The van der Waals surface area contributed by atoms with Crippen LogP contribution in [0.25, 0.3) is 0 Å². The van der Waals surface area contributed by atoms with Crippen LogP contribution in [0, 0.1) is 0 Å². The third kappa shape index (κ3) is 9.97. The number of nitrogens with one attached hydrogen (secondary N) is 1. The fourth-order valence-corrected chi connectivity index (χ4v) is 6.23. The molecule has 0 spiro atoms. The van der Waals surface area contributed by atoms with Gasteiger partial charge in [-0.3, -0.25) is 9.69 Å². The number of hydrogen-bond donors (Lipinski definition) is 1. The van der Waals surface area contributed by atoms with Crippen LogP contribution in [0.4, 0.5) is 36.8 Å². The third-order valence-electron chi connectivity index (χ3n) is 8.75. The summed E-state index contributed by atoms with van der Waals surface area (Å²) in [7, 11) is 4.70. The Morgan fingerprint density at radius 1 is 0.840 bits per heavy atom. The topological polar surface area (TPSA) is 59.1 Å². The molecule has 0 radical (unpaired) electrons. The minimum Gasteiger partial charge on any atom is -0.369 e. The normalized spacial score (nSPS) is 15.4. The second kappa shape index (κ2) is 16.1. The van der Waals surface area contributed by atoms with Crippen LogP contribution in [0.15, 0.2) is 60.7 Å². The number of alkyl halides is 6.